The summed E-state index contributed by atoms with van der Waals surface area (Å²) in [6, 6.07) is 5.75. The summed E-state index contributed by atoms with van der Waals surface area (Å²) in [7, 11) is -3.74. The fraction of sp³-hybridized carbons (Fsp3) is 0.368. The number of fused-ring (bicyclic) bond motifs is 1. The topological polar surface area (TPSA) is 96.8 Å². The molecule has 0 spiro atoms. The molecule has 7 nitrogen and oxygen atoms in total. The Morgan fingerprint density at radius 2 is 1.93 bits per heavy atom. The first-order valence-electron chi connectivity index (χ1n) is 8.84. The molecule has 0 aliphatic heterocycles. The van der Waals surface area contributed by atoms with Crippen LogP contribution in [-0.2, 0) is 16.6 Å². The van der Waals surface area contributed by atoms with Crippen LogP contribution < -0.4 is 10.3 Å². The highest BCUT2D eigenvalue weighted by Crippen LogP contribution is 2.25. The Balaban J connectivity index is 1.99. The summed E-state index contributed by atoms with van der Waals surface area (Å²) >= 11 is 0. The summed E-state index contributed by atoms with van der Waals surface area (Å²) < 4.78 is 30.5. The van der Waals surface area contributed by atoms with Crippen LogP contribution in [0.3, 0.4) is 0 Å². The molecule has 2 heterocycles. The Morgan fingerprint density at radius 1 is 1.22 bits per heavy atom. The van der Waals surface area contributed by atoms with Crippen LogP contribution in [0.1, 0.15) is 42.4 Å². The Morgan fingerprint density at radius 3 is 2.56 bits per heavy atom. The molecule has 0 aliphatic rings. The van der Waals surface area contributed by atoms with Gasteiger partial charge in [0.25, 0.3) is 0 Å². The van der Waals surface area contributed by atoms with Crippen molar-refractivity contribution >= 4 is 20.9 Å². The second-order valence-corrected chi connectivity index (χ2v) is 8.48. The van der Waals surface area contributed by atoms with E-state index in [4.69, 9.17) is 0 Å². The van der Waals surface area contributed by atoms with Gasteiger partial charge < -0.3 is 4.98 Å². The normalized spacial score (nSPS) is 13.2. The minimum absolute atomic E-state index is 0.162. The fourth-order valence-electron chi connectivity index (χ4n) is 3.57. The molecule has 3 aromatic rings. The van der Waals surface area contributed by atoms with Gasteiger partial charge >= 0.3 is 0 Å². The molecule has 0 saturated heterocycles. The number of sulfonamides is 1. The zero-order valence-corrected chi connectivity index (χ0v) is 16.9. The number of nitrogens with one attached hydrogen (secondary N) is 2. The third-order valence-corrected chi connectivity index (χ3v) is 6.37. The van der Waals surface area contributed by atoms with Crippen LogP contribution in [0.4, 0.5) is 0 Å². The van der Waals surface area contributed by atoms with Crippen molar-refractivity contribution in [1.82, 2.24) is 19.5 Å². The number of aromatic nitrogens is 3. The number of rotatable bonds is 5. The zero-order chi connectivity index (χ0) is 19.9. The lowest BCUT2D eigenvalue weighted by Gasteiger charge is -2.16. The second-order valence-electron chi connectivity index (χ2n) is 6.77. The van der Waals surface area contributed by atoms with Crippen LogP contribution in [0, 0.1) is 20.8 Å². The molecule has 0 fully saturated rings. The van der Waals surface area contributed by atoms with E-state index in [0.717, 1.165) is 29.1 Å². The number of hydrogen-bond acceptors (Lipinski definition) is 4. The maximum atomic E-state index is 12.9. The highest BCUT2D eigenvalue weighted by atomic mass is 32.2. The van der Waals surface area contributed by atoms with Gasteiger partial charge in [-0.05, 0) is 58.4 Å². The highest BCUT2D eigenvalue weighted by Gasteiger charge is 2.23. The standard InChI is InChI=1S/C19H24N4O3S/c1-6-23-14(5)19(12(3)21-23)13(4)22-27(25,26)15-7-8-17-16(10-15)11(2)9-18(24)20-17/h7-10,13,22H,6H2,1-5H3,(H,20,24)/t13-/m1/s1. The molecule has 0 bridgehead atoms. The molecule has 144 valence electrons. The zero-order valence-electron chi connectivity index (χ0n) is 16.1. The number of benzene rings is 1. The Hall–Kier alpha value is -2.45. The minimum atomic E-state index is -3.74. The van der Waals surface area contributed by atoms with E-state index < -0.39 is 16.1 Å². The van der Waals surface area contributed by atoms with Gasteiger partial charge in [0.05, 0.1) is 10.6 Å². The van der Waals surface area contributed by atoms with Gasteiger partial charge in [-0.2, -0.15) is 5.10 Å². The smallest absolute Gasteiger partial charge is 0.248 e. The van der Waals surface area contributed by atoms with E-state index in [1.54, 1.807) is 19.1 Å². The first-order valence-corrected chi connectivity index (χ1v) is 10.3. The molecule has 27 heavy (non-hydrogen) atoms. The van der Waals surface area contributed by atoms with Gasteiger partial charge in [-0.25, -0.2) is 13.1 Å². The molecule has 0 radical (unpaired) electrons. The number of pyridine rings is 1. The molecule has 0 unspecified atom stereocenters. The molecule has 0 aliphatic carbocycles. The lowest BCUT2D eigenvalue weighted by molar-refractivity contribution is 0.565. The molecular weight excluding hydrogens is 364 g/mol. The van der Waals surface area contributed by atoms with Crippen LogP contribution in [0.5, 0.6) is 0 Å². The molecule has 1 aromatic carbocycles. The van der Waals surface area contributed by atoms with Gasteiger partial charge in [-0.1, -0.05) is 0 Å². The van der Waals surface area contributed by atoms with Gasteiger partial charge in [-0.15, -0.1) is 0 Å². The Kier molecular flexibility index (Phi) is 4.96. The summed E-state index contributed by atoms with van der Waals surface area (Å²) in [4.78, 5) is 14.5. The van der Waals surface area contributed by atoms with Crippen LogP contribution in [0.15, 0.2) is 34.0 Å². The maximum absolute atomic E-state index is 12.9. The van der Waals surface area contributed by atoms with E-state index in [-0.39, 0.29) is 10.5 Å². The summed E-state index contributed by atoms with van der Waals surface area (Å²) in [5.41, 5.74) is 3.80. The van der Waals surface area contributed by atoms with Crippen molar-refractivity contribution in [2.45, 2.75) is 52.1 Å². The molecule has 3 rings (SSSR count). The number of H-pyrrole nitrogens is 1. The number of aryl methyl sites for hydroxylation is 3. The number of hydrogen-bond donors (Lipinski definition) is 2. The van der Waals surface area contributed by atoms with Gasteiger partial charge in [0.15, 0.2) is 0 Å². The predicted octanol–water partition coefficient (Wildman–Crippen LogP) is 2.71. The van der Waals surface area contributed by atoms with Gasteiger partial charge in [0.1, 0.15) is 0 Å². The first-order chi connectivity index (χ1) is 12.6. The van der Waals surface area contributed by atoms with Gasteiger partial charge in [0.2, 0.25) is 15.6 Å². The third-order valence-electron chi connectivity index (χ3n) is 4.83. The van der Waals surface area contributed by atoms with Crippen LogP contribution in [0.2, 0.25) is 0 Å². The lowest BCUT2D eigenvalue weighted by atomic mass is 10.1. The van der Waals surface area contributed by atoms with E-state index in [9.17, 15) is 13.2 Å². The van der Waals surface area contributed by atoms with Crippen LogP contribution in [0.25, 0.3) is 10.9 Å². The van der Waals surface area contributed by atoms with Crippen molar-refractivity contribution in [2.75, 3.05) is 0 Å². The summed E-state index contributed by atoms with van der Waals surface area (Å²) in [6.07, 6.45) is 0. The molecule has 2 N–H and O–H groups in total. The quantitative estimate of drug-likeness (QED) is 0.702. The van der Waals surface area contributed by atoms with Gasteiger partial charge in [0, 0.05) is 40.8 Å². The lowest BCUT2D eigenvalue weighted by Crippen LogP contribution is -2.27. The number of aromatic amines is 1. The summed E-state index contributed by atoms with van der Waals surface area (Å²) in [5, 5.41) is 5.17. The second kappa shape index (κ2) is 6.94. The van der Waals surface area contributed by atoms with E-state index in [2.05, 4.69) is 14.8 Å². The maximum Gasteiger partial charge on any atom is 0.248 e. The largest absolute Gasteiger partial charge is 0.322 e. The van der Waals surface area contributed by atoms with E-state index in [0.29, 0.717) is 10.9 Å². The third kappa shape index (κ3) is 3.54. The average Bonchev–Trinajstić information content (AvgIpc) is 2.87. The van der Waals surface area contributed by atoms with Crippen molar-refractivity contribution in [3.63, 3.8) is 0 Å². The molecule has 8 heteroatoms. The molecule has 0 amide bonds. The molecular formula is C19H24N4O3S. The van der Waals surface area contributed by atoms with E-state index in [1.165, 1.54) is 12.1 Å². The SMILES string of the molecule is CCn1nc(C)c([C@@H](C)NS(=O)(=O)c2ccc3[nH]c(=O)cc(C)c3c2)c1C. The molecule has 0 saturated carbocycles. The van der Waals surface area contributed by atoms with Crippen molar-refractivity contribution in [3.8, 4) is 0 Å². The van der Waals surface area contributed by atoms with Crippen molar-refractivity contribution in [3.05, 3.63) is 57.1 Å². The van der Waals surface area contributed by atoms with E-state index in [1.807, 2.05) is 32.4 Å². The summed E-state index contributed by atoms with van der Waals surface area (Å²) in [5.74, 6) is 0. The highest BCUT2D eigenvalue weighted by molar-refractivity contribution is 7.89. The average molecular weight is 388 g/mol. The van der Waals surface area contributed by atoms with Crippen LogP contribution in [-0.4, -0.2) is 23.2 Å². The van der Waals surface area contributed by atoms with E-state index >= 15 is 0 Å². The minimum Gasteiger partial charge on any atom is -0.322 e. The monoisotopic (exact) mass is 388 g/mol. The number of nitrogens with zero attached hydrogens (tertiary/aromatic N) is 2. The Labute approximate surface area is 158 Å². The fourth-order valence-corrected chi connectivity index (χ4v) is 4.81. The Bertz CT molecular complexity index is 1180. The predicted molar refractivity (Wildman–Crippen MR) is 105 cm³/mol. The van der Waals surface area contributed by atoms with Crippen molar-refractivity contribution < 1.29 is 8.42 Å². The van der Waals surface area contributed by atoms with Crippen molar-refractivity contribution in [1.29, 1.82) is 0 Å². The molecule has 1 atom stereocenters. The van der Waals surface area contributed by atoms with Gasteiger partial charge in [-0.3, -0.25) is 9.48 Å². The first kappa shape index (κ1) is 19.3. The van der Waals surface area contributed by atoms with Crippen molar-refractivity contribution in [2.24, 2.45) is 0 Å². The summed E-state index contributed by atoms with van der Waals surface area (Å²) in [6.45, 7) is 10.2. The molecule has 2 aromatic heterocycles. The van der Waals surface area contributed by atoms with Crippen LogP contribution >= 0.6 is 0 Å².